The van der Waals surface area contributed by atoms with Crippen molar-refractivity contribution in [1.29, 1.82) is 0 Å². The van der Waals surface area contributed by atoms with Crippen molar-refractivity contribution in [3.63, 3.8) is 0 Å². The number of ether oxygens (including phenoxy) is 2. The second-order valence-electron chi connectivity index (χ2n) is 6.30. The van der Waals surface area contributed by atoms with Crippen molar-refractivity contribution in [2.45, 2.75) is 42.7 Å². The number of rotatable bonds is 8. The summed E-state index contributed by atoms with van der Waals surface area (Å²) in [5, 5.41) is 0. The van der Waals surface area contributed by atoms with Gasteiger partial charge >= 0.3 is 35.8 Å². The zero-order chi connectivity index (χ0) is 21.7. The van der Waals surface area contributed by atoms with Gasteiger partial charge in [0, 0.05) is 5.41 Å². The molecule has 2 nitrogen and oxygen atoms in total. The summed E-state index contributed by atoms with van der Waals surface area (Å²) >= 11 is 0. The lowest BCUT2D eigenvalue weighted by Gasteiger charge is -2.40. The van der Waals surface area contributed by atoms with Crippen LogP contribution in [0.15, 0.2) is 0 Å². The van der Waals surface area contributed by atoms with E-state index in [1.165, 1.54) is 6.92 Å². The summed E-state index contributed by atoms with van der Waals surface area (Å²) in [6, 6.07) is 0. The largest absolute Gasteiger partial charge is 0.460 e. The van der Waals surface area contributed by atoms with Gasteiger partial charge < -0.3 is 9.47 Å². The Bertz CT molecular complexity index is 536. The Balaban J connectivity index is 3.09. The molecule has 27 heavy (non-hydrogen) atoms. The average Bonchev–Trinajstić information content (AvgIpc) is 2.43. The molecular formula is C12H11F13O2. The molecule has 0 saturated carbocycles. The lowest BCUT2D eigenvalue weighted by Crippen LogP contribution is -2.70. The number of hydrogen-bond donors (Lipinski definition) is 0. The molecule has 0 bridgehead atoms. The minimum atomic E-state index is -7.89. The van der Waals surface area contributed by atoms with Gasteiger partial charge in [-0.15, -0.1) is 0 Å². The Morgan fingerprint density at radius 2 is 1.11 bits per heavy atom. The SMILES string of the molecule is CC1(COCC(F)(F)C(F)(F)C(F)(F)C(F)(F)C(F)(F)C(F)(F)F)COC1. The maximum atomic E-state index is 13.4. The van der Waals surface area contributed by atoms with Crippen LogP contribution < -0.4 is 0 Å². The Morgan fingerprint density at radius 1 is 0.704 bits per heavy atom. The zero-order valence-electron chi connectivity index (χ0n) is 13.1. The van der Waals surface area contributed by atoms with E-state index < -0.39 is 54.4 Å². The molecule has 15 heteroatoms. The topological polar surface area (TPSA) is 18.5 Å². The summed E-state index contributed by atoms with van der Waals surface area (Å²) in [5.41, 5.74) is -0.971. The first-order chi connectivity index (χ1) is 11.7. The van der Waals surface area contributed by atoms with E-state index in [1.807, 2.05) is 0 Å². The maximum absolute atomic E-state index is 13.4. The molecule has 162 valence electrons. The van der Waals surface area contributed by atoms with Gasteiger partial charge in [-0.2, -0.15) is 57.1 Å². The van der Waals surface area contributed by atoms with Crippen molar-refractivity contribution in [1.82, 2.24) is 0 Å². The summed E-state index contributed by atoms with van der Waals surface area (Å²) in [4.78, 5) is 0. The standard InChI is InChI=1S/C12H11F13O2/c1-6(2-26-3-6)4-27-5-7(13,14)8(15,16)9(17,18)10(19,20)11(21,22)12(23,24)25/h2-5H2,1H3. The Labute approximate surface area is 142 Å². The van der Waals surface area contributed by atoms with Gasteiger partial charge in [0.1, 0.15) is 6.61 Å². The third kappa shape index (κ3) is 3.68. The van der Waals surface area contributed by atoms with Crippen molar-refractivity contribution < 1.29 is 66.5 Å². The molecule has 0 N–H and O–H groups in total. The van der Waals surface area contributed by atoms with Gasteiger partial charge in [0.15, 0.2) is 0 Å². The van der Waals surface area contributed by atoms with E-state index in [4.69, 9.17) is 0 Å². The molecule has 1 aliphatic rings. The molecule has 0 atom stereocenters. The Hall–Kier alpha value is -0.990. The molecule has 0 aliphatic carbocycles. The normalized spacial score (nSPS) is 19.8. The third-order valence-electron chi connectivity index (χ3n) is 3.63. The van der Waals surface area contributed by atoms with Gasteiger partial charge in [-0.3, -0.25) is 0 Å². The molecule has 0 unspecified atom stereocenters. The molecule has 0 aromatic rings. The molecule has 0 aromatic carbocycles. The molecule has 1 aliphatic heterocycles. The van der Waals surface area contributed by atoms with E-state index in [0.29, 0.717) is 0 Å². The first kappa shape index (κ1) is 24.0. The Kier molecular flexibility index (Phi) is 5.81. The predicted molar refractivity (Wildman–Crippen MR) is 60.5 cm³/mol. The van der Waals surface area contributed by atoms with Crippen LogP contribution in [0.4, 0.5) is 57.1 Å². The summed E-state index contributed by atoms with van der Waals surface area (Å²) in [5.74, 6) is -36.9. The van der Waals surface area contributed by atoms with E-state index in [2.05, 4.69) is 9.47 Å². The van der Waals surface area contributed by atoms with Crippen LogP contribution in [0.5, 0.6) is 0 Å². The van der Waals surface area contributed by atoms with Crippen LogP contribution in [0.25, 0.3) is 0 Å². The molecule has 1 saturated heterocycles. The second kappa shape index (κ2) is 6.52. The van der Waals surface area contributed by atoms with Crippen molar-refractivity contribution in [2.24, 2.45) is 5.41 Å². The molecule has 0 radical (unpaired) electrons. The summed E-state index contributed by atoms with van der Waals surface area (Å²) in [6.07, 6.45) is -7.42. The van der Waals surface area contributed by atoms with Crippen molar-refractivity contribution >= 4 is 0 Å². The van der Waals surface area contributed by atoms with E-state index in [1.54, 1.807) is 0 Å². The van der Waals surface area contributed by atoms with Gasteiger partial charge in [0.25, 0.3) is 0 Å². The third-order valence-corrected chi connectivity index (χ3v) is 3.63. The van der Waals surface area contributed by atoms with Crippen LogP contribution >= 0.6 is 0 Å². The number of alkyl halides is 13. The molecule has 1 rings (SSSR count). The minimum Gasteiger partial charge on any atom is -0.380 e. The van der Waals surface area contributed by atoms with Gasteiger partial charge in [0.2, 0.25) is 0 Å². The highest BCUT2D eigenvalue weighted by molar-refractivity contribution is 5.10. The fourth-order valence-corrected chi connectivity index (χ4v) is 1.85. The molecule has 1 fully saturated rings. The highest BCUT2D eigenvalue weighted by Gasteiger charge is 2.90. The van der Waals surface area contributed by atoms with Crippen molar-refractivity contribution in [3.8, 4) is 0 Å². The fourth-order valence-electron chi connectivity index (χ4n) is 1.85. The quantitative estimate of drug-likeness (QED) is 0.513. The first-order valence-electron chi connectivity index (χ1n) is 6.78. The Morgan fingerprint density at radius 3 is 1.44 bits per heavy atom. The van der Waals surface area contributed by atoms with Gasteiger partial charge in [-0.05, 0) is 0 Å². The van der Waals surface area contributed by atoms with Crippen LogP contribution in [-0.4, -0.2) is 62.2 Å². The van der Waals surface area contributed by atoms with Crippen molar-refractivity contribution in [2.75, 3.05) is 26.4 Å². The van der Waals surface area contributed by atoms with E-state index >= 15 is 0 Å². The predicted octanol–water partition coefficient (Wildman–Crippen LogP) is 4.78. The van der Waals surface area contributed by atoms with Gasteiger partial charge in [0.05, 0.1) is 19.8 Å². The van der Waals surface area contributed by atoms with Crippen LogP contribution in [0, 0.1) is 5.41 Å². The number of hydrogen-bond acceptors (Lipinski definition) is 2. The zero-order valence-corrected chi connectivity index (χ0v) is 13.1. The summed E-state index contributed by atoms with van der Waals surface area (Å²) < 4.78 is 175. The second-order valence-corrected chi connectivity index (χ2v) is 6.30. The van der Waals surface area contributed by atoms with E-state index in [0.717, 1.165) is 0 Å². The van der Waals surface area contributed by atoms with Crippen LogP contribution in [-0.2, 0) is 9.47 Å². The lowest BCUT2D eigenvalue weighted by molar-refractivity contribution is -0.441. The van der Waals surface area contributed by atoms with Crippen LogP contribution in [0.3, 0.4) is 0 Å². The first-order valence-corrected chi connectivity index (χ1v) is 6.78. The molecule has 0 amide bonds. The summed E-state index contributed by atoms with van der Waals surface area (Å²) in [7, 11) is 0. The molecular weight excluding hydrogens is 423 g/mol. The monoisotopic (exact) mass is 434 g/mol. The van der Waals surface area contributed by atoms with Crippen LogP contribution in [0.1, 0.15) is 6.92 Å². The highest BCUT2D eigenvalue weighted by atomic mass is 19.4. The maximum Gasteiger partial charge on any atom is 0.460 e. The smallest absolute Gasteiger partial charge is 0.380 e. The molecule has 1 heterocycles. The lowest BCUT2D eigenvalue weighted by atomic mass is 9.90. The summed E-state index contributed by atoms with van der Waals surface area (Å²) in [6.45, 7) is -2.28. The van der Waals surface area contributed by atoms with Crippen LogP contribution in [0.2, 0.25) is 0 Å². The van der Waals surface area contributed by atoms with Gasteiger partial charge in [-0.25, -0.2) is 0 Å². The highest BCUT2D eigenvalue weighted by Crippen LogP contribution is 2.60. The van der Waals surface area contributed by atoms with E-state index in [9.17, 15) is 57.1 Å². The molecule has 0 spiro atoms. The van der Waals surface area contributed by atoms with Gasteiger partial charge in [-0.1, -0.05) is 6.92 Å². The fraction of sp³-hybridized carbons (Fsp3) is 1.00. The minimum absolute atomic E-state index is 0.0962. The number of halogens is 13. The van der Waals surface area contributed by atoms with Crippen molar-refractivity contribution in [3.05, 3.63) is 0 Å². The average molecular weight is 434 g/mol. The molecule has 0 aromatic heterocycles. The van der Waals surface area contributed by atoms with E-state index in [-0.39, 0.29) is 13.2 Å².